The zero-order valence-corrected chi connectivity index (χ0v) is 15.4. The molecule has 2 N–H and O–H groups in total. The van der Waals surface area contributed by atoms with Gasteiger partial charge in [-0.25, -0.2) is 0 Å². The maximum absolute atomic E-state index is 12.4. The molecule has 0 aliphatic heterocycles. The van der Waals surface area contributed by atoms with Gasteiger partial charge in [0.1, 0.15) is 5.75 Å². The van der Waals surface area contributed by atoms with Crippen molar-refractivity contribution in [3.05, 3.63) is 59.7 Å². The van der Waals surface area contributed by atoms with E-state index in [1.807, 2.05) is 6.92 Å². The normalized spacial score (nSPS) is 10.2. The fourth-order valence-electron chi connectivity index (χ4n) is 2.34. The van der Waals surface area contributed by atoms with E-state index < -0.39 is 0 Å². The molecular formula is C21H26N2O3. The van der Waals surface area contributed by atoms with Crippen LogP contribution in [-0.4, -0.2) is 25.0 Å². The van der Waals surface area contributed by atoms with Gasteiger partial charge < -0.3 is 15.4 Å². The standard InChI is InChI=1S/C21H26N2O3/c1-3-5-13-22-20(24)17-7-6-8-18(15-17)23-21(25)16-9-11-19(12-10-16)26-14-4-2/h6-12,15H,3-5,13-14H2,1-2H3,(H,22,24)(H,23,25). The first-order valence-corrected chi connectivity index (χ1v) is 9.06. The summed E-state index contributed by atoms with van der Waals surface area (Å²) in [5.41, 5.74) is 1.65. The maximum Gasteiger partial charge on any atom is 0.255 e. The Hall–Kier alpha value is -2.82. The minimum Gasteiger partial charge on any atom is -0.494 e. The van der Waals surface area contributed by atoms with Crippen LogP contribution in [0.25, 0.3) is 0 Å². The number of hydrogen-bond donors (Lipinski definition) is 2. The van der Waals surface area contributed by atoms with Gasteiger partial charge in [0, 0.05) is 23.4 Å². The summed E-state index contributed by atoms with van der Waals surface area (Å²) in [7, 11) is 0. The number of carbonyl (C=O) groups is 2. The van der Waals surface area contributed by atoms with E-state index in [-0.39, 0.29) is 11.8 Å². The molecule has 5 nitrogen and oxygen atoms in total. The molecule has 2 aromatic rings. The monoisotopic (exact) mass is 354 g/mol. The highest BCUT2D eigenvalue weighted by molar-refractivity contribution is 6.05. The first-order valence-electron chi connectivity index (χ1n) is 9.06. The maximum atomic E-state index is 12.4. The van der Waals surface area contributed by atoms with Gasteiger partial charge in [-0.2, -0.15) is 0 Å². The van der Waals surface area contributed by atoms with Crippen LogP contribution < -0.4 is 15.4 Å². The van der Waals surface area contributed by atoms with E-state index >= 15 is 0 Å². The zero-order chi connectivity index (χ0) is 18.8. The second-order valence-corrected chi connectivity index (χ2v) is 6.02. The molecule has 0 saturated carbocycles. The molecule has 26 heavy (non-hydrogen) atoms. The first kappa shape index (κ1) is 19.5. The number of unbranched alkanes of at least 4 members (excludes halogenated alkanes) is 1. The van der Waals surface area contributed by atoms with Gasteiger partial charge in [-0.1, -0.05) is 26.3 Å². The van der Waals surface area contributed by atoms with E-state index in [4.69, 9.17) is 4.74 Å². The molecule has 2 rings (SSSR count). The number of nitrogens with one attached hydrogen (secondary N) is 2. The van der Waals surface area contributed by atoms with Gasteiger partial charge in [-0.05, 0) is 55.3 Å². The van der Waals surface area contributed by atoms with Crippen molar-refractivity contribution in [2.75, 3.05) is 18.5 Å². The lowest BCUT2D eigenvalue weighted by molar-refractivity contribution is 0.0951. The second kappa shape index (κ2) is 10.2. The average molecular weight is 354 g/mol. The van der Waals surface area contributed by atoms with Crippen molar-refractivity contribution in [2.24, 2.45) is 0 Å². The predicted molar refractivity (Wildman–Crippen MR) is 104 cm³/mol. The number of hydrogen-bond acceptors (Lipinski definition) is 3. The third-order valence-corrected chi connectivity index (χ3v) is 3.79. The Morgan fingerprint density at radius 3 is 2.38 bits per heavy atom. The molecule has 5 heteroatoms. The number of ether oxygens (including phenoxy) is 1. The fraction of sp³-hybridized carbons (Fsp3) is 0.333. The molecule has 0 bridgehead atoms. The molecule has 0 unspecified atom stereocenters. The van der Waals surface area contributed by atoms with E-state index in [9.17, 15) is 9.59 Å². The van der Waals surface area contributed by atoms with Gasteiger partial charge in [-0.3, -0.25) is 9.59 Å². The highest BCUT2D eigenvalue weighted by Gasteiger charge is 2.09. The molecule has 0 radical (unpaired) electrons. The van der Waals surface area contributed by atoms with E-state index in [1.165, 1.54) is 0 Å². The molecule has 0 aliphatic rings. The summed E-state index contributed by atoms with van der Waals surface area (Å²) >= 11 is 0. The number of benzene rings is 2. The second-order valence-electron chi connectivity index (χ2n) is 6.02. The Bertz CT molecular complexity index is 726. The van der Waals surface area contributed by atoms with Gasteiger partial charge in [0.2, 0.25) is 0 Å². The van der Waals surface area contributed by atoms with Crippen molar-refractivity contribution >= 4 is 17.5 Å². The van der Waals surface area contributed by atoms with Crippen LogP contribution in [0.3, 0.4) is 0 Å². The molecule has 138 valence electrons. The number of carbonyl (C=O) groups excluding carboxylic acids is 2. The third kappa shape index (κ3) is 5.92. The smallest absolute Gasteiger partial charge is 0.255 e. The molecule has 0 atom stereocenters. The highest BCUT2D eigenvalue weighted by atomic mass is 16.5. The summed E-state index contributed by atoms with van der Waals surface area (Å²) in [5, 5.41) is 5.69. The molecular weight excluding hydrogens is 328 g/mol. The van der Waals surface area contributed by atoms with Crippen molar-refractivity contribution in [3.8, 4) is 5.75 Å². The molecule has 2 aromatic carbocycles. The van der Waals surface area contributed by atoms with Crippen LogP contribution in [0.5, 0.6) is 5.75 Å². The quantitative estimate of drug-likeness (QED) is 0.661. The van der Waals surface area contributed by atoms with Crippen LogP contribution in [0.2, 0.25) is 0 Å². The lowest BCUT2D eigenvalue weighted by atomic mass is 10.1. The number of amides is 2. The minimum absolute atomic E-state index is 0.132. The summed E-state index contributed by atoms with van der Waals surface area (Å²) in [6.07, 6.45) is 2.91. The van der Waals surface area contributed by atoms with Gasteiger partial charge in [0.25, 0.3) is 11.8 Å². The molecule has 0 spiro atoms. The Labute approximate surface area is 154 Å². The van der Waals surface area contributed by atoms with E-state index in [0.29, 0.717) is 30.0 Å². The van der Waals surface area contributed by atoms with E-state index in [2.05, 4.69) is 17.6 Å². The van der Waals surface area contributed by atoms with Crippen LogP contribution in [0.1, 0.15) is 53.8 Å². The summed E-state index contributed by atoms with van der Waals surface area (Å²) in [6.45, 7) is 5.42. The number of rotatable bonds is 9. The third-order valence-electron chi connectivity index (χ3n) is 3.79. The Morgan fingerprint density at radius 1 is 0.923 bits per heavy atom. The first-order chi connectivity index (χ1) is 12.6. The zero-order valence-electron chi connectivity index (χ0n) is 15.4. The predicted octanol–water partition coefficient (Wildman–Crippen LogP) is 4.26. The summed E-state index contributed by atoms with van der Waals surface area (Å²) in [6, 6.07) is 13.9. The van der Waals surface area contributed by atoms with Crippen molar-refractivity contribution in [3.63, 3.8) is 0 Å². The van der Waals surface area contributed by atoms with Crippen molar-refractivity contribution in [1.29, 1.82) is 0 Å². The van der Waals surface area contributed by atoms with Crippen LogP contribution in [0.4, 0.5) is 5.69 Å². The molecule has 0 aromatic heterocycles. The average Bonchev–Trinajstić information content (AvgIpc) is 2.67. The Morgan fingerprint density at radius 2 is 1.69 bits per heavy atom. The number of anilines is 1. The fourth-order valence-corrected chi connectivity index (χ4v) is 2.34. The lowest BCUT2D eigenvalue weighted by Crippen LogP contribution is -2.24. The van der Waals surface area contributed by atoms with Crippen molar-refractivity contribution in [1.82, 2.24) is 5.32 Å². The highest BCUT2D eigenvalue weighted by Crippen LogP contribution is 2.15. The van der Waals surface area contributed by atoms with E-state index in [1.54, 1.807) is 48.5 Å². The van der Waals surface area contributed by atoms with Crippen LogP contribution >= 0.6 is 0 Å². The largest absolute Gasteiger partial charge is 0.494 e. The molecule has 0 heterocycles. The molecule has 0 saturated heterocycles. The SMILES string of the molecule is CCCCNC(=O)c1cccc(NC(=O)c2ccc(OCCC)cc2)c1. The molecule has 0 fully saturated rings. The molecule has 0 aliphatic carbocycles. The summed E-state index contributed by atoms with van der Waals surface area (Å²) in [4.78, 5) is 24.5. The Balaban J connectivity index is 1.98. The van der Waals surface area contributed by atoms with Crippen LogP contribution in [-0.2, 0) is 0 Å². The lowest BCUT2D eigenvalue weighted by Gasteiger charge is -2.09. The van der Waals surface area contributed by atoms with Crippen molar-refractivity contribution in [2.45, 2.75) is 33.1 Å². The molecule has 2 amide bonds. The van der Waals surface area contributed by atoms with Gasteiger partial charge >= 0.3 is 0 Å². The summed E-state index contributed by atoms with van der Waals surface area (Å²) < 4.78 is 5.51. The summed E-state index contributed by atoms with van der Waals surface area (Å²) in [5.74, 6) is 0.386. The van der Waals surface area contributed by atoms with Gasteiger partial charge in [0.15, 0.2) is 0 Å². The van der Waals surface area contributed by atoms with Gasteiger partial charge in [0.05, 0.1) is 6.61 Å². The van der Waals surface area contributed by atoms with E-state index in [0.717, 1.165) is 25.0 Å². The minimum atomic E-state index is -0.226. The Kier molecular flexibility index (Phi) is 7.68. The van der Waals surface area contributed by atoms with Crippen LogP contribution in [0, 0.1) is 0 Å². The van der Waals surface area contributed by atoms with Crippen molar-refractivity contribution < 1.29 is 14.3 Å². The van der Waals surface area contributed by atoms with Gasteiger partial charge in [-0.15, -0.1) is 0 Å². The van der Waals surface area contributed by atoms with Crippen LogP contribution in [0.15, 0.2) is 48.5 Å². The topological polar surface area (TPSA) is 67.4 Å².